The minimum absolute atomic E-state index is 0.00339. The van der Waals surface area contributed by atoms with Gasteiger partial charge in [0.05, 0.1) is 38.1 Å². The number of carbonyl (C=O) groups is 4. The maximum absolute atomic E-state index is 14.9. The average molecular weight is 925 g/mol. The molecule has 3 amide bonds. The second-order valence-corrected chi connectivity index (χ2v) is 20.6. The van der Waals surface area contributed by atoms with Gasteiger partial charge in [0.25, 0.3) is 0 Å². The van der Waals surface area contributed by atoms with Crippen molar-refractivity contribution in [1.29, 1.82) is 0 Å². The molecule has 18 heteroatoms. The van der Waals surface area contributed by atoms with Gasteiger partial charge < -0.3 is 44.5 Å². The number of nitrogens with zero attached hydrogens (tertiary/aromatic N) is 4. The van der Waals surface area contributed by atoms with Crippen LogP contribution in [0.15, 0.2) is 23.6 Å². The Morgan fingerprint density at radius 2 is 1.77 bits per heavy atom. The van der Waals surface area contributed by atoms with Crippen LogP contribution in [-0.4, -0.2) is 133 Å². The second kappa shape index (κ2) is 18.8. The normalized spacial score (nSPS) is 26.9. The molecule has 0 radical (unpaired) electrons. The van der Waals surface area contributed by atoms with Crippen LogP contribution in [0.25, 0.3) is 22.3 Å². The van der Waals surface area contributed by atoms with E-state index >= 15 is 0 Å². The minimum Gasteiger partial charge on any atom is -0.491 e. The maximum Gasteiger partial charge on any atom is 0.408 e. The van der Waals surface area contributed by atoms with Crippen LogP contribution in [0.1, 0.15) is 80.1 Å². The fourth-order valence-electron chi connectivity index (χ4n) is 9.55. The van der Waals surface area contributed by atoms with Crippen molar-refractivity contribution in [3.63, 3.8) is 0 Å². The minimum atomic E-state index is -1.19. The van der Waals surface area contributed by atoms with Gasteiger partial charge in [0.1, 0.15) is 58.7 Å². The van der Waals surface area contributed by atoms with E-state index in [0.29, 0.717) is 89.9 Å². The zero-order chi connectivity index (χ0) is 45.5. The first kappa shape index (κ1) is 46.1. The van der Waals surface area contributed by atoms with E-state index in [2.05, 4.69) is 20.9 Å². The summed E-state index contributed by atoms with van der Waals surface area (Å²) >= 11 is 8.58. The van der Waals surface area contributed by atoms with Crippen LogP contribution in [0.3, 0.4) is 0 Å². The number of hydrogen-bond acceptors (Lipinski definition) is 14. The van der Waals surface area contributed by atoms with Gasteiger partial charge in [-0.25, -0.2) is 19.6 Å². The fourth-order valence-corrected chi connectivity index (χ4v) is 10.7. The molecule has 8 atom stereocenters. The highest BCUT2D eigenvalue weighted by Gasteiger charge is 2.62. The predicted molar refractivity (Wildman–Crippen MR) is 243 cm³/mol. The van der Waals surface area contributed by atoms with E-state index in [0.717, 1.165) is 31.1 Å². The molecule has 3 aromatic rings. The van der Waals surface area contributed by atoms with Crippen molar-refractivity contribution in [1.82, 2.24) is 30.4 Å². The van der Waals surface area contributed by atoms with Gasteiger partial charge in [0.2, 0.25) is 11.8 Å². The van der Waals surface area contributed by atoms with E-state index < -0.39 is 53.0 Å². The smallest absolute Gasteiger partial charge is 0.408 e. The van der Waals surface area contributed by atoms with Gasteiger partial charge in [-0.2, -0.15) is 0 Å². The first-order valence-electron chi connectivity index (χ1n) is 22.7. The van der Waals surface area contributed by atoms with Crippen LogP contribution >= 0.6 is 22.9 Å². The fraction of sp³-hybridized carbons (Fsp3) is 0.652. The number of morpholine rings is 1. The first-order valence-corrected chi connectivity index (χ1v) is 24.0. The molecular formula is C46H62ClN7O9S. The molecule has 16 nitrogen and oxygen atoms in total. The average Bonchev–Trinajstić information content (AvgIpc) is 3.92. The molecule has 2 saturated heterocycles. The van der Waals surface area contributed by atoms with Crippen LogP contribution in [-0.2, 0) is 28.6 Å². The number of likely N-dealkylation sites (tertiary alicyclic amines) is 1. The lowest BCUT2D eigenvalue weighted by molar-refractivity contribution is -0.148. The number of thiazole rings is 1. The number of pyridine rings is 1. The molecule has 2 aromatic heterocycles. The number of halogens is 1. The van der Waals surface area contributed by atoms with Crippen molar-refractivity contribution in [3.8, 4) is 22.9 Å². The van der Waals surface area contributed by atoms with Gasteiger partial charge in [-0.05, 0) is 74.8 Å². The van der Waals surface area contributed by atoms with Crippen LogP contribution in [0, 0.1) is 23.2 Å². The summed E-state index contributed by atoms with van der Waals surface area (Å²) in [5.41, 5.74) is -0.389. The number of amides is 3. The summed E-state index contributed by atoms with van der Waals surface area (Å²) in [7, 11) is 1.30. The van der Waals surface area contributed by atoms with Crippen molar-refractivity contribution in [2.45, 2.75) is 116 Å². The number of ether oxygens (including phenoxy) is 5. The third-order valence-corrected chi connectivity index (χ3v) is 14.4. The number of carbonyl (C=O) groups excluding carboxylic acids is 4. The monoisotopic (exact) mass is 923 g/mol. The molecule has 64 heavy (non-hydrogen) atoms. The molecule has 0 unspecified atom stereocenters. The Labute approximate surface area is 383 Å². The van der Waals surface area contributed by atoms with Gasteiger partial charge in [-0.1, -0.05) is 45.7 Å². The number of benzene rings is 1. The lowest BCUT2D eigenvalue weighted by Gasteiger charge is -2.35. The Bertz CT molecular complexity index is 2220. The number of alkyl carbamates (subject to hydrolysis) is 1. The van der Waals surface area contributed by atoms with E-state index in [1.165, 1.54) is 29.8 Å². The van der Waals surface area contributed by atoms with E-state index in [9.17, 15) is 19.2 Å². The van der Waals surface area contributed by atoms with Crippen molar-refractivity contribution < 1.29 is 42.9 Å². The van der Waals surface area contributed by atoms with Gasteiger partial charge in [0.15, 0.2) is 5.13 Å². The summed E-state index contributed by atoms with van der Waals surface area (Å²) < 4.78 is 29.6. The van der Waals surface area contributed by atoms with E-state index in [4.69, 9.17) is 45.3 Å². The predicted octanol–water partition coefficient (Wildman–Crippen LogP) is 6.29. The number of esters is 1. The Morgan fingerprint density at radius 3 is 2.44 bits per heavy atom. The summed E-state index contributed by atoms with van der Waals surface area (Å²) in [6.45, 7) is 15.8. The molecule has 0 bridgehead atoms. The highest BCUT2D eigenvalue weighted by molar-refractivity contribution is 7.14. The number of rotatable bonds is 16. The molecule has 4 heterocycles. The molecule has 348 valence electrons. The third-order valence-electron chi connectivity index (χ3n) is 13.3. The zero-order valence-corrected chi connectivity index (χ0v) is 39.4. The second-order valence-electron chi connectivity index (χ2n) is 19.4. The Hall–Kier alpha value is -4.45. The highest BCUT2D eigenvalue weighted by atomic mass is 35.5. The third kappa shape index (κ3) is 10.0. The number of hydrogen-bond donors (Lipinski definition) is 3. The molecule has 3 aliphatic carbocycles. The van der Waals surface area contributed by atoms with Crippen LogP contribution in [0.2, 0.25) is 5.02 Å². The van der Waals surface area contributed by atoms with E-state index in [-0.39, 0.29) is 31.0 Å². The highest BCUT2D eigenvalue weighted by Crippen LogP contribution is 2.52. The van der Waals surface area contributed by atoms with Crippen molar-refractivity contribution >= 4 is 62.8 Å². The van der Waals surface area contributed by atoms with Crippen molar-refractivity contribution in [2.75, 3.05) is 58.4 Å². The lowest BCUT2D eigenvalue weighted by atomic mass is 9.85. The summed E-state index contributed by atoms with van der Waals surface area (Å²) in [6.07, 6.45) is 2.47. The molecule has 1 aromatic carbocycles. The molecular weight excluding hydrogens is 862 g/mol. The van der Waals surface area contributed by atoms with Gasteiger partial charge in [0, 0.05) is 48.9 Å². The van der Waals surface area contributed by atoms with Crippen LogP contribution in [0.4, 0.5) is 9.93 Å². The molecule has 0 spiro atoms. The molecule has 2 aliphatic heterocycles. The van der Waals surface area contributed by atoms with Gasteiger partial charge in [-0.3, -0.25) is 14.5 Å². The number of methoxy groups -OCH3 is 1. The Kier molecular flexibility index (Phi) is 13.5. The summed E-state index contributed by atoms with van der Waals surface area (Å²) in [5.74, 6) is 0.517. The first-order chi connectivity index (χ1) is 30.6. The lowest BCUT2D eigenvalue weighted by Crippen LogP contribution is -2.59. The molecule has 3 saturated carbocycles. The van der Waals surface area contributed by atoms with E-state index in [1.54, 1.807) is 12.1 Å². The number of fused-ring (bicyclic) bond motifs is 2. The standard InChI is InChI=1S/C46H62ClN7O9S/c1-8-28-22-46(28,42(57)59-7)52-40(55)34-20-30(23-54(34)41(56)39(45(4,5)6)51-44(58)63-29-18-26-17-27(26)19-29)62-36-21-32(33-24-64-43(50-33)48-25(2)3)49-38-31(36)9-10-35(37(38)47)61-16-13-53-11-14-60-15-12-53/h9-10,21,24-30,34,39H,8,11-20,22-23H2,1-7H3,(H,48,50)(H,51,58)(H,52,55)/t26-,27+,28-,29+,30-,34+,39-,46-/m1/s1. The summed E-state index contributed by atoms with van der Waals surface area (Å²) in [4.78, 5) is 69.5. The molecule has 8 rings (SSSR count). The Balaban J connectivity index is 1.09. The topological polar surface area (TPSA) is 183 Å². The van der Waals surface area contributed by atoms with Crippen LogP contribution in [0.5, 0.6) is 11.5 Å². The summed E-state index contributed by atoms with van der Waals surface area (Å²) in [5, 5.41) is 12.8. The van der Waals surface area contributed by atoms with Crippen LogP contribution < -0.4 is 25.4 Å². The van der Waals surface area contributed by atoms with Gasteiger partial charge in [-0.15, -0.1) is 11.3 Å². The van der Waals surface area contributed by atoms with Gasteiger partial charge >= 0.3 is 12.1 Å². The number of anilines is 1. The summed E-state index contributed by atoms with van der Waals surface area (Å²) in [6, 6.07) is 3.52. The molecule has 5 fully saturated rings. The largest absolute Gasteiger partial charge is 0.491 e. The SMILES string of the molecule is CC[C@@H]1C[C@]1(NC(=O)[C@@H]1C[C@@H](Oc2cc(-c3csc(NC(C)C)n3)nc3c(Cl)c(OCCN4CCOCC4)ccc23)CN1C(=O)[C@@H](NC(=O)O[C@@H]1C[C@@H]2C[C@@H]2C1)C(C)(C)C)C(=O)OC. The van der Waals surface area contributed by atoms with Crippen molar-refractivity contribution in [3.05, 3.63) is 28.6 Å². The zero-order valence-electron chi connectivity index (χ0n) is 37.9. The van der Waals surface area contributed by atoms with E-state index in [1.807, 2.05) is 53.0 Å². The molecule has 5 aliphatic rings. The number of nitrogens with one attached hydrogen (secondary N) is 3. The number of aromatic nitrogens is 2. The van der Waals surface area contributed by atoms with Crippen molar-refractivity contribution in [2.24, 2.45) is 23.2 Å². The maximum atomic E-state index is 14.9. The Morgan fingerprint density at radius 1 is 1.02 bits per heavy atom. The molecule has 3 N–H and O–H groups in total. The quantitative estimate of drug-likeness (QED) is 0.137.